The Morgan fingerprint density at radius 1 is 0.930 bits per heavy atom. The average molecular weight is 583 g/mol. The number of aromatic nitrogens is 3. The van der Waals surface area contributed by atoms with E-state index in [1.54, 1.807) is 24.3 Å². The summed E-state index contributed by atoms with van der Waals surface area (Å²) in [5, 5.41) is 10.4. The molecule has 2 N–H and O–H groups in total. The summed E-state index contributed by atoms with van der Waals surface area (Å²) in [4.78, 5) is 37.0. The zero-order chi connectivity index (χ0) is 29.9. The number of morpholine rings is 1. The maximum absolute atomic E-state index is 12.9. The van der Waals surface area contributed by atoms with E-state index in [0.29, 0.717) is 42.0 Å². The molecule has 6 rings (SSSR count). The third-order valence-electron chi connectivity index (χ3n) is 8.28. The number of rotatable bonds is 6. The van der Waals surface area contributed by atoms with Crippen molar-refractivity contribution >= 4 is 34.6 Å². The van der Waals surface area contributed by atoms with Crippen LogP contribution in [0.4, 0.5) is 22.0 Å². The molecule has 0 aliphatic carbocycles. The number of amides is 3. The summed E-state index contributed by atoms with van der Waals surface area (Å²) in [5.41, 5.74) is 3.66. The molecule has 2 fully saturated rings. The van der Waals surface area contributed by atoms with Gasteiger partial charge >= 0.3 is 6.03 Å². The third-order valence-corrected chi connectivity index (χ3v) is 8.28. The fourth-order valence-electron chi connectivity index (χ4n) is 5.75. The Morgan fingerprint density at radius 3 is 2.26 bits per heavy atom. The topological polar surface area (TPSA) is 107 Å². The first kappa shape index (κ1) is 28.6. The Balaban J connectivity index is 1.07. The highest BCUT2D eigenvalue weighted by Crippen LogP contribution is 2.27. The maximum atomic E-state index is 12.9. The minimum atomic E-state index is -0.369. The minimum absolute atomic E-state index is 0.0276. The molecule has 11 nitrogen and oxygen atoms in total. The second-order valence-electron chi connectivity index (χ2n) is 11.4. The second-order valence-corrected chi connectivity index (χ2v) is 11.4. The van der Waals surface area contributed by atoms with Crippen molar-refractivity contribution in [3.63, 3.8) is 0 Å². The summed E-state index contributed by atoms with van der Waals surface area (Å²) in [6, 6.07) is 18.8. The summed E-state index contributed by atoms with van der Waals surface area (Å²) in [6.07, 6.45) is 3.87. The molecule has 0 radical (unpaired) electrons. The van der Waals surface area contributed by atoms with Crippen LogP contribution in [0.25, 0.3) is 16.9 Å². The Kier molecular flexibility index (Phi) is 8.26. The SMILES string of the molecule is C[C@@H]1COCCN1c1nc(-c2ccc(NC(=O)Nc3ccc(C(=O)N4CCC(N(C)C)CC4)cc3)cc2)nn2cccc12. The molecule has 2 aromatic carbocycles. The largest absolute Gasteiger partial charge is 0.377 e. The Labute approximate surface area is 251 Å². The average Bonchev–Trinajstić information content (AvgIpc) is 3.50. The zero-order valence-electron chi connectivity index (χ0n) is 24.9. The molecular weight excluding hydrogens is 544 g/mol. The number of hydrogen-bond donors (Lipinski definition) is 2. The van der Waals surface area contributed by atoms with E-state index in [0.717, 1.165) is 49.4 Å². The molecule has 224 valence electrons. The van der Waals surface area contributed by atoms with E-state index in [9.17, 15) is 9.59 Å². The summed E-state index contributed by atoms with van der Waals surface area (Å²) >= 11 is 0. The van der Waals surface area contributed by atoms with Gasteiger partial charge in [0.15, 0.2) is 11.6 Å². The summed E-state index contributed by atoms with van der Waals surface area (Å²) < 4.78 is 7.48. The molecule has 43 heavy (non-hydrogen) atoms. The maximum Gasteiger partial charge on any atom is 0.323 e. The van der Waals surface area contributed by atoms with Crippen molar-refractivity contribution in [3.05, 3.63) is 72.4 Å². The van der Waals surface area contributed by atoms with Crippen LogP contribution in [0.3, 0.4) is 0 Å². The Hall–Kier alpha value is -4.48. The van der Waals surface area contributed by atoms with Crippen LogP contribution < -0.4 is 15.5 Å². The van der Waals surface area contributed by atoms with Gasteiger partial charge in [-0.25, -0.2) is 14.3 Å². The lowest BCUT2D eigenvalue weighted by Gasteiger charge is -2.35. The van der Waals surface area contributed by atoms with Crippen LogP contribution in [0, 0.1) is 0 Å². The van der Waals surface area contributed by atoms with Crippen molar-refractivity contribution in [1.82, 2.24) is 24.4 Å². The summed E-state index contributed by atoms with van der Waals surface area (Å²) in [7, 11) is 4.17. The van der Waals surface area contributed by atoms with Crippen LogP contribution in [0.5, 0.6) is 0 Å². The summed E-state index contributed by atoms with van der Waals surface area (Å²) in [5.74, 6) is 1.51. The number of fused-ring (bicyclic) bond motifs is 1. The number of nitrogens with zero attached hydrogens (tertiary/aromatic N) is 6. The van der Waals surface area contributed by atoms with E-state index in [-0.39, 0.29) is 18.0 Å². The molecule has 11 heteroatoms. The molecule has 3 amide bonds. The van der Waals surface area contributed by atoms with Crippen LogP contribution in [-0.2, 0) is 4.74 Å². The number of nitrogens with one attached hydrogen (secondary N) is 2. The standard InChI is InChI=1S/C32H38N8O3/c1-22-21-43-20-19-39(22)30-28-5-4-16-40(28)36-29(35-30)23-6-10-25(11-7-23)33-32(42)34-26-12-8-24(9-13-26)31(41)38-17-14-27(15-18-38)37(2)3/h4-13,16,22,27H,14-15,17-21H2,1-3H3,(H2,33,34,42)/t22-/m1/s1. The Bertz CT molecular complexity index is 1580. The van der Waals surface area contributed by atoms with Crippen molar-refractivity contribution in [1.29, 1.82) is 0 Å². The fourth-order valence-corrected chi connectivity index (χ4v) is 5.75. The van der Waals surface area contributed by atoms with E-state index in [1.165, 1.54) is 0 Å². The quantitative estimate of drug-likeness (QED) is 0.346. The van der Waals surface area contributed by atoms with Gasteiger partial charge in [-0.2, -0.15) is 0 Å². The van der Waals surface area contributed by atoms with Crippen molar-refractivity contribution < 1.29 is 14.3 Å². The molecule has 0 saturated carbocycles. The van der Waals surface area contributed by atoms with Crippen LogP contribution in [0.15, 0.2) is 66.9 Å². The van der Waals surface area contributed by atoms with Gasteiger partial charge in [0.2, 0.25) is 0 Å². The van der Waals surface area contributed by atoms with Gasteiger partial charge in [0.25, 0.3) is 5.91 Å². The first-order valence-corrected chi connectivity index (χ1v) is 14.8. The molecule has 0 spiro atoms. The Morgan fingerprint density at radius 2 is 1.60 bits per heavy atom. The van der Waals surface area contributed by atoms with E-state index < -0.39 is 0 Å². The number of anilines is 3. The van der Waals surface area contributed by atoms with Crippen molar-refractivity contribution in [2.24, 2.45) is 0 Å². The van der Waals surface area contributed by atoms with Gasteiger partial charge in [-0.15, -0.1) is 5.10 Å². The first-order chi connectivity index (χ1) is 20.9. The number of carbonyl (C=O) groups excluding carboxylic acids is 2. The minimum Gasteiger partial charge on any atom is -0.377 e. The molecular formula is C32H38N8O3. The highest BCUT2D eigenvalue weighted by atomic mass is 16.5. The monoisotopic (exact) mass is 582 g/mol. The van der Waals surface area contributed by atoms with Crippen molar-refractivity contribution in [2.75, 3.05) is 62.5 Å². The molecule has 0 bridgehead atoms. The number of piperidine rings is 1. The number of ether oxygens (including phenoxy) is 1. The molecule has 0 unspecified atom stereocenters. The van der Waals surface area contributed by atoms with Gasteiger partial charge in [-0.1, -0.05) is 0 Å². The molecule has 1 atom stereocenters. The van der Waals surface area contributed by atoms with Gasteiger partial charge in [-0.3, -0.25) is 4.79 Å². The molecule has 4 heterocycles. The molecule has 2 aliphatic rings. The number of urea groups is 1. The van der Waals surface area contributed by atoms with Crippen LogP contribution in [0.1, 0.15) is 30.1 Å². The normalized spacial score (nSPS) is 17.8. The summed E-state index contributed by atoms with van der Waals surface area (Å²) in [6.45, 7) is 5.74. The second kappa shape index (κ2) is 12.4. The highest BCUT2D eigenvalue weighted by molar-refractivity contribution is 6.00. The van der Waals surface area contributed by atoms with E-state index >= 15 is 0 Å². The number of benzene rings is 2. The molecule has 4 aromatic rings. The lowest BCUT2D eigenvalue weighted by atomic mass is 10.0. The van der Waals surface area contributed by atoms with Gasteiger partial charge < -0.3 is 30.1 Å². The first-order valence-electron chi connectivity index (χ1n) is 14.8. The van der Waals surface area contributed by atoms with E-state index in [1.807, 2.05) is 52.0 Å². The molecule has 2 aromatic heterocycles. The predicted molar refractivity (Wildman–Crippen MR) is 168 cm³/mol. The predicted octanol–water partition coefficient (Wildman–Crippen LogP) is 4.43. The van der Waals surface area contributed by atoms with E-state index in [4.69, 9.17) is 14.8 Å². The van der Waals surface area contributed by atoms with Crippen LogP contribution in [0.2, 0.25) is 0 Å². The third kappa shape index (κ3) is 6.32. The highest BCUT2D eigenvalue weighted by Gasteiger charge is 2.25. The van der Waals surface area contributed by atoms with Crippen molar-refractivity contribution in [2.45, 2.75) is 31.8 Å². The number of likely N-dealkylation sites (tertiary alicyclic amines) is 1. The van der Waals surface area contributed by atoms with Crippen molar-refractivity contribution in [3.8, 4) is 11.4 Å². The van der Waals surface area contributed by atoms with Gasteiger partial charge in [0, 0.05) is 54.4 Å². The smallest absolute Gasteiger partial charge is 0.323 e. The molecule has 2 saturated heterocycles. The molecule has 2 aliphatic heterocycles. The lowest BCUT2D eigenvalue weighted by molar-refractivity contribution is 0.0663. The van der Waals surface area contributed by atoms with Crippen LogP contribution in [-0.4, -0.2) is 95.4 Å². The number of hydrogen-bond acceptors (Lipinski definition) is 7. The van der Waals surface area contributed by atoms with Gasteiger partial charge in [0.05, 0.1) is 19.3 Å². The lowest BCUT2D eigenvalue weighted by Crippen LogP contribution is -2.44. The van der Waals surface area contributed by atoms with Gasteiger partial charge in [0.1, 0.15) is 5.52 Å². The van der Waals surface area contributed by atoms with Crippen LogP contribution >= 0.6 is 0 Å². The fraction of sp³-hybridized carbons (Fsp3) is 0.375. The number of carbonyl (C=O) groups is 2. The zero-order valence-corrected chi connectivity index (χ0v) is 24.9. The van der Waals surface area contributed by atoms with E-state index in [2.05, 4.69) is 41.5 Å². The van der Waals surface area contributed by atoms with Gasteiger partial charge in [-0.05, 0) is 94.5 Å².